The highest BCUT2D eigenvalue weighted by Crippen LogP contribution is 2.46. The summed E-state index contributed by atoms with van der Waals surface area (Å²) in [4.78, 5) is 11.3. The summed E-state index contributed by atoms with van der Waals surface area (Å²) in [6, 6.07) is 3.40. The van der Waals surface area contributed by atoms with Gasteiger partial charge < -0.3 is 10.0 Å². The van der Waals surface area contributed by atoms with Crippen LogP contribution in [0.2, 0.25) is 5.02 Å². The van der Waals surface area contributed by atoms with Crippen molar-refractivity contribution in [2.75, 3.05) is 6.54 Å². The Morgan fingerprint density at radius 2 is 1.93 bits per heavy atom. The van der Waals surface area contributed by atoms with Gasteiger partial charge in [-0.15, -0.1) is 11.3 Å². The lowest BCUT2D eigenvalue weighted by Crippen LogP contribution is -2.54. The fraction of sp³-hybridized carbons (Fsp3) is 0.444. The first-order valence-corrected chi connectivity index (χ1v) is 16.5. The maximum Gasteiger partial charge on any atom is 0.333 e. The molecule has 7 rings (SSSR count). The minimum atomic E-state index is -3.92. The van der Waals surface area contributed by atoms with Crippen LogP contribution >= 0.6 is 22.9 Å². The number of aliphatic hydroxyl groups is 1. The number of alkyl halides is 2. The van der Waals surface area contributed by atoms with Crippen LogP contribution in [0.4, 0.5) is 13.2 Å². The van der Waals surface area contributed by atoms with E-state index in [1.54, 1.807) is 11.6 Å². The standard InChI is InChI=1S/C27H27ClF3N7O3S2/c28-20-9-14(29)1-4-19(20)24-23(21-5-7-37(34-21)27(30)31)22-10-15(13-36(22)25(33-24)26-32-6-8-42-26)35-43(40,41)38-16-2-3-17(38)12-18(39)11-16/h1,4-9,15-18,24,27,35,39H,2-3,10-13H2/t15-,16-,17?,18+,24-/m0/s1. The van der Waals surface area contributed by atoms with E-state index in [1.807, 2.05) is 4.90 Å². The zero-order valence-corrected chi connectivity index (χ0v) is 24.9. The molecule has 4 aliphatic heterocycles. The molecule has 0 saturated carbocycles. The van der Waals surface area contributed by atoms with Crippen molar-refractivity contribution in [1.29, 1.82) is 0 Å². The third-order valence-corrected chi connectivity index (χ3v) is 11.3. The van der Waals surface area contributed by atoms with Crippen molar-refractivity contribution >= 4 is 44.6 Å². The predicted molar refractivity (Wildman–Crippen MR) is 154 cm³/mol. The highest BCUT2D eigenvalue weighted by atomic mass is 35.5. The van der Waals surface area contributed by atoms with Crippen molar-refractivity contribution in [2.24, 2.45) is 4.99 Å². The van der Waals surface area contributed by atoms with E-state index in [0.717, 1.165) is 12.3 Å². The molecule has 0 radical (unpaired) electrons. The maximum absolute atomic E-state index is 14.1. The number of halogens is 4. The van der Waals surface area contributed by atoms with Crippen LogP contribution < -0.4 is 4.72 Å². The fourth-order valence-corrected chi connectivity index (χ4v) is 9.58. The molecule has 0 aliphatic carbocycles. The molecular weight excluding hydrogens is 627 g/mol. The second-order valence-corrected chi connectivity index (χ2v) is 14.1. The number of aliphatic imine (C=N–C) groups is 1. The Labute approximate surface area is 254 Å². The third-order valence-electron chi connectivity index (χ3n) is 8.46. The molecule has 1 aromatic carbocycles. The average Bonchev–Trinajstić information content (AvgIpc) is 3.74. The number of piperidine rings is 1. The van der Waals surface area contributed by atoms with E-state index in [-0.39, 0.29) is 35.8 Å². The van der Waals surface area contributed by atoms with Gasteiger partial charge in [0.25, 0.3) is 10.2 Å². The molecule has 3 fully saturated rings. The Hall–Kier alpha value is -2.82. The van der Waals surface area contributed by atoms with E-state index >= 15 is 0 Å². The summed E-state index contributed by atoms with van der Waals surface area (Å²) in [6.45, 7) is -2.66. The van der Waals surface area contributed by atoms with Gasteiger partial charge in [-0.25, -0.2) is 14.1 Å². The van der Waals surface area contributed by atoms with E-state index in [1.165, 1.54) is 33.8 Å². The Morgan fingerprint density at radius 3 is 2.58 bits per heavy atom. The molecule has 0 amide bonds. The van der Waals surface area contributed by atoms with Crippen LogP contribution in [0.1, 0.15) is 61.0 Å². The van der Waals surface area contributed by atoms with Gasteiger partial charge in [-0.2, -0.15) is 31.3 Å². The Kier molecular flexibility index (Phi) is 7.37. The normalized spacial score (nSPS) is 27.7. The number of benzene rings is 1. The van der Waals surface area contributed by atoms with Crippen LogP contribution in [0.15, 0.2) is 52.7 Å². The van der Waals surface area contributed by atoms with E-state index < -0.39 is 40.8 Å². The number of aliphatic hydroxyl groups excluding tert-OH is 1. The van der Waals surface area contributed by atoms with Gasteiger partial charge in [0.2, 0.25) is 0 Å². The van der Waals surface area contributed by atoms with E-state index in [0.29, 0.717) is 58.0 Å². The second-order valence-electron chi connectivity index (χ2n) is 11.2. The minimum Gasteiger partial charge on any atom is -0.393 e. The molecule has 0 spiro atoms. The van der Waals surface area contributed by atoms with Crippen molar-refractivity contribution < 1.29 is 26.7 Å². The molecule has 1 unspecified atom stereocenters. The average molecular weight is 654 g/mol. The zero-order chi connectivity index (χ0) is 30.0. The second kappa shape index (κ2) is 11.0. The van der Waals surface area contributed by atoms with Gasteiger partial charge in [0.1, 0.15) is 11.9 Å². The first-order valence-electron chi connectivity index (χ1n) is 13.8. The molecule has 3 aromatic rings. The van der Waals surface area contributed by atoms with E-state index in [4.69, 9.17) is 16.6 Å². The quantitative estimate of drug-likeness (QED) is 0.392. The van der Waals surface area contributed by atoms with Crippen LogP contribution in [0.5, 0.6) is 0 Å². The van der Waals surface area contributed by atoms with Crippen LogP contribution in [0, 0.1) is 5.82 Å². The van der Waals surface area contributed by atoms with Gasteiger partial charge in [0.15, 0.2) is 10.8 Å². The number of rotatable bonds is 7. The number of nitrogens with one attached hydrogen (secondary N) is 1. The summed E-state index contributed by atoms with van der Waals surface area (Å²) in [5.74, 6) is -0.0728. The van der Waals surface area contributed by atoms with Crippen molar-refractivity contribution in [3.05, 3.63) is 74.8 Å². The molecule has 3 saturated heterocycles. The first kappa shape index (κ1) is 28.9. The molecule has 2 N–H and O–H groups in total. The largest absolute Gasteiger partial charge is 0.393 e. The van der Waals surface area contributed by atoms with Gasteiger partial charge in [-0.05, 0) is 43.9 Å². The van der Waals surface area contributed by atoms with Crippen LogP contribution in [-0.4, -0.2) is 74.1 Å². The summed E-state index contributed by atoms with van der Waals surface area (Å²) in [5.41, 5.74) is 1.77. The molecule has 5 atom stereocenters. The molecule has 6 heterocycles. The highest BCUT2D eigenvalue weighted by molar-refractivity contribution is 7.87. The molecule has 228 valence electrons. The SMILES string of the molecule is O=S(=O)(N[C@H]1CC2=C(c3ccn(C(F)F)n3)[C@H](c3ccc(F)cc3Cl)N=C(c3nccs3)N2C1)N1C2CC[C@H]1C[C@@H](O)C2. The Balaban J connectivity index is 1.31. The third kappa shape index (κ3) is 5.19. The summed E-state index contributed by atoms with van der Waals surface area (Å²) in [5, 5.41) is 16.8. The molecule has 2 bridgehead atoms. The van der Waals surface area contributed by atoms with Crippen molar-refractivity contribution in [1.82, 2.24) is 28.7 Å². The minimum absolute atomic E-state index is 0.102. The number of thiazole rings is 1. The monoisotopic (exact) mass is 653 g/mol. The smallest absolute Gasteiger partial charge is 0.333 e. The van der Waals surface area contributed by atoms with Crippen LogP contribution in [0.25, 0.3) is 5.57 Å². The summed E-state index contributed by atoms with van der Waals surface area (Å²) < 4.78 is 73.6. The molecule has 10 nitrogen and oxygen atoms in total. The first-order chi connectivity index (χ1) is 20.6. The number of hydrogen-bond acceptors (Lipinski definition) is 8. The van der Waals surface area contributed by atoms with E-state index in [2.05, 4.69) is 14.8 Å². The fourth-order valence-electron chi connectivity index (χ4n) is 6.80. The summed E-state index contributed by atoms with van der Waals surface area (Å²) >= 11 is 7.86. The van der Waals surface area contributed by atoms with E-state index in [9.17, 15) is 26.7 Å². The van der Waals surface area contributed by atoms with Crippen LogP contribution in [-0.2, 0) is 10.2 Å². The van der Waals surface area contributed by atoms with Gasteiger partial charge in [-0.3, -0.25) is 4.99 Å². The van der Waals surface area contributed by atoms with Crippen molar-refractivity contribution in [3.8, 4) is 0 Å². The summed E-state index contributed by atoms with van der Waals surface area (Å²) in [6.07, 6.45) is 4.68. The lowest BCUT2D eigenvalue weighted by atomic mass is 9.92. The number of aromatic nitrogens is 3. The lowest BCUT2D eigenvalue weighted by molar-refractivity contribution is 0.0564. The zero-order valence-electron chi connectivity index (χ0n) is 22.5. The Bertz CT molecular complexity index is 1700. The maximum atomic E-state index is 14.1. The van der Waals surface area contributed by atoms with Crippen molar-refractivity contribution in [2.45, 2.75) is 68.9 Å². The lowest BCUT2D eigenvalue weighted by Gasteiger charge is -2.36. The van der Waals surface area contributed by atoms with Gasteiger partial charge in [0, 0.05) is 70.7 Å². The van der Waals surface area contributed by atoms with Gasteiger partial charge in [-0.1, -0.05) is 17.7 Å². The number of amidine groups is 1. The predicted octanol–water partition coefficient (Wildman–Crippen LogP) is 4.34. The summed E-state index contributed by atoms with van der Waals surface area (Å²) in [7, 11) is -3.92. The molecule has 2 aromatic heterocycles. The molecule has 43 heavy (non-hydrogen) atoms. The highest BCUT2D eigenvalue weighted by Gasteiger charge is 2.48. The van der Waals surface area contributed by atoms with Crippen LogP contribution in [0.3, 0.4) is 0 Å². The van der Waals surface area contributed by atoms with Gasteiger partial charge >= 0.3 is 6.55 Å². The molecule has 4 aliphatic rings. The van der Waals surface area contributed by atoms with Crippen molar-refractivity contribution in [3.63, 3.8) is 0 Å². The number of nitrogens with zero attached hydrogens (tertiary/aromatic N) is 6. The Morgan fingerprint density at radius 1 is 1.16 bits per heavy atom. The topological polar surface area (TPSA) is 116 Å². The molecular formula is C27H27ClF3N7O3S2. The number of fused-ring (bicyclic) bond motifs is 3. The number of hydrogen-bond donors (Lipinski definition) is 2. The molecule has 16 heteroatoms. The van der Waals surface area contributed by atoms with Gasteiger partial charge in [0.05, 0.1) is 11.8 Å².